The van der Waals surface area contributed by atoms with E-state index in [1.54, 1.807) is 6.08 Å². The first kappa shape index (κ1) is 14.4. The van der Waals surface area contributed by atoms with Crippen molar-refractivity contribution in [3.63, 3.8) is 0 Å². The summed E-state index contributed by atoms with van der Waals surface area (Å²) < 4.78 is 5.83. The van der Waals surface area contributed by atoms with Crippen LogP contribution in [0.5, 0.6) is 0 Å². The van der Waals surface area contributed by atoms with Gasteiger partial charge in [-0.05, 0) is 42.5 Å². The number of thioether (sulfide) groups is 1. The molecule has 4 rings (SSSR count). The van der Waals surface area contributed by atoms with E-state index in [9.17, 15) is 4.79 Å². The quantitative estimate of drug-likeness (QED) is 0.542. The van der Waals surface area contributed by atoms with Crippen LogP contribution in [0.3, 0.4) is 0 Å². The van der Waals surface area contributed by atoms with Gasteiger partial charge in [0.1, 0.15) is 11.5 Å². The molecule has 0 bridgehead atoms. The highest BCUT2D eigenvalue weighted by atomic mass is 35.5. The molecular weight excluding hydrogens is 328 g/mol. The molecule has 0 atom stereocenters. The van der Waals surface area contributed by atoms with Gasteiger partial charge < -0.3 is 4.42 Å². The molecule has 0 radical (unpaired) electrons. The zero-order valence-electron chi connectivity index (χ0n) is 12.0. The minimum atomic E-state index is 0.0475. The van der Waals surface area contributed by atoms with Crippen LogP contribution in [0.25, 0.3) is 17.4 Å². The number of carbonyl (C=O) groups excluding carboxylic acids is 1. The van der Waals surface area contributed by atoms with Gasteiger partial charge in [0.05, 0.1) is 4.91 Å². The van der Waals surface area contributed by atoms with Gasteiger partial charge in [-0.2, -0.15) is 0 Å². The van der Waals surface area contributed by atoms with Crippen LogP contribution >= 0.6 is 23.4 Å². The van der Waals surface area contributed by atoms with E-state index in [1.165, 1.54) is 11.8 Å². The van der Waals surface area contributed by atoms with Gasteiger partial charge in [-0.1, -0.05) is 47.6 Å². The van der Waals surface area contributed by atoms with Crippen LogP contribution in [0.2, 0.25) is 5.02 Å². The molecule has 1 aliphatic heterocycles. The molecule has 0 aliphatic carbocycles. The minimum Gasteiger partial charge on any atom is -0.457 e. The normalized spacial score (nSPS) is 15.2. The Hall–Kier alpha value is -2.23. The van der Waals surface area contributed by atoms with Crippen molar-refractivity contribution >= 4 is 35.2 Å². The first-order valence-electron chi connectivity index (χ1n) is 7.10. The molecular formula is C19H11ClO2S. The fourth-order valence-corrected chi connectivity index (χ4v) is 3.71. The van der Waals surface area contributed by atoms with E-state index >= 15 is 0 Å². The Bertz CT molecular complexity index is 940. The third-order valence-electron chi connectivity index (χ3n) is 3.58. The van der Waals surface area contributed by atoms with E-state index in [-0.39, 0.29) is 5.78 Å². The molecule has 0 N–H and O–H groups in total. The van der Waals surface area contributed by atoms with Gasteiger partial charge in [0, 0.05) is 21.0 Å². The monoisotopic (exact) mass is 338 g/mol. The van der Waals surface area contributed by atoms with Crippen LogP contribution in [0.4, 0.5) is 0 Å². The largest absolute Gasteiger partial charge is 0.457 e. The number of rotatable bonds is 2. The molecule has 0 unspecified atom stereocenters. The van der Waals surface area contributed by atoms with Crippen molar-refractivity contribution in [2.45, 2.75) is 4.90 Å². The minimum absolute atomic E-state index is 0.0475. The summed E-state index contributed by atoms with van der Waals surface area (Å²) in [5.41, 5.74) is 1.67. The number of hydrogen-bond donors (Lipinski definition) is 0. The molecule has 0 amide bonds. The first-order valence-corrected chi connectivity index (χ1v) is 8.29. The van der Waals surface area contributed by atoms with Crippen molar-refractivity contribution in [3.8, 4) is 11.3 Å². The van der Waals surface area contributed by atoms with Gasteiger partial charge >= 0.3 is 0 Å². The molecule has 1 aromatic heterocycles. The standard InChI is InChI=1S/C19H11ClO2S/c20-13-5-3-4-12(10-13)16-9-8-14(22-16)11-18-19(21)15-6-1-2-7-17(15)23-18/h1-11H/b18-11-. The van der Waals surface area contributed by atoms with Gasteiger partial charge in [-0.3, -0.25) is 4.79 Å². The molecule has 2 heterocycles. The van der Waals surface area contributed by atoms with Crippen LogP contribution < -0.4 is 0 Å². The molecule has 112 valence electrons. The average molecular weight is 339 g/mol. The maximum atomic E-state index is 12.4. The van der Waals surface area contributed by atoms with Crippen LogP contribution in [-0.4, -0.2) is 5.78 Å². The third kappa shape index (κ3) is 2.74. The van der Waals surface area contributed by atoms with Crippen molar-refractivity contribution in [1.82, 2.24) is 0 Å². The van der Waals surface area contributed by atoms with E-state index in [0.717, 1.165) is 21.8 Å². The molecule has 0 saturated heterocycles. The second-order valence-corrected chi connectivity index (χ2v) is 6.67. The number of furan rings is 1. The molecule has 0 saturated carbocycles. The number of ketones is 1. The molecule has 2 nitrogen and oxygen atoms in total. The summed E-state index contributed by atoms with van der Waals surface area (Å²) in [6, 6.07) is 18.9. The van der Waals surface area contributed by atoms with E-state index in [2.05, 4.69) is 0 Å². The van der Waals surface area contributed by atoms with Crippen LogP contribution in [0.15, 0.2) is 74.9 Å². The number of allylic oxidation sites excluding steroid dienone is 1. The highest BCUT2D eigenvalue weighted by Gasteiger charge is 2.25. The van der Waals surface area contributed by atoms with Crippen LogP contribution in [0.1, 0.15) is 16.1 Å². The number of halogens is 1. The van der Waals surface area contributed by atoms with Gasteiger partial charge in [0.15, 0.2) is 0 Å². The van der Waals surface area contributed by atoms with Gasteiger partial charge in [-0.15, -0.1) is 0 Å². The first-order chi connectivity index (χ1) is 11.2. The predicted molar refractivity (Wildman–Crippen MR) is 93.8 cm³/mol. The van der Waals surface area contributed by atoms with Crippen molar-refractivity contribution in [2.75, 3.05) is 0 Å². The fraction of sp³-hybridized carbons (Fsp3) is 0. The Morgan fingerprint density at radius 3 is 2.70 bits per heavy atom. The van der Waals surface area contributed by atoms with E-state index in [0.29, 0.717) is 15.7 Å². The van der Waals surface area contributed by atoms with Crippen molar-refractivity contribution < 1.29 is 9.21 Å². The molecule has 0 fully saturated rings. The number of hydrogen-bond acceptors (Lipinski definition) is 3. The van der Waals surface area contributed by atoms with E-state index in [1.807, 2.05) is 60.7 Å². The SMILES string of the molecule is O=C1/C(=C/c2ccc(-c3cccc(Cl)c3)o2)Sc2ccccc21. The second-order valence-electron chi connectivity index (χ2n) is 5.15. The van der Waals surface area contributed by atoms with Crippen molar-refractivity contribution in [2.24, 2.45) is 0 Å². The molecule has 0 spiro atoms. The van der Waals surface area contributed by atoms with Crippen molar-refractivity contribution in [3.05, 3.63) is 81.9 Å². The summed E-state index contributed by atoms with van der Waals surface area (Å²) in [5.74, 6) is 1.43. The van der Waals surface area contributed by atoms with E-state index < -0.39 is 0 Å². The number of Topliss-reactive ketones (excluding diaryl/α,β-unsaturated/α-hetero) is 1. The van der Waals surface area contributed by atoms with Crippen LogP contribution in [-0.2, 0) is 0 Å². The van der Waals surface area contributed by atoms with E-state index in [4.69, 9.17) is 16.0 Å². The average Bonchev–Trinajstić information content (AvgIpc) is 3.14. The van der Waals surface area contributed by atoms with Gasteiger partial charge in [-0.25, -0.2) is 0 Å². The lowest BCUT2D eigenvalue weighted by atomic mass is 10.1. The van der Waals surface area contributed by atoms with Crippen molar-refractivity contribution in [1.29, 1.82) is 0 Å². The number of fused-ring (bicyclic) bond motifs is 1. The molecule has 3 aromatic rings. The molecule has 4 heteroatoms. The van der Waals surface area contributed by atoms with Crippen LogP contribution in [0, 0.1) is 0 Å². The summed E-state index contributed by atoms with van der Waals surface area (Å²) in [6.45, 7) is 0. The summed E-state index contributed by atoms with van der Waals surface area (Å²) >= 11 is 7.49. The maximum Gasteiger partial charge on any atom is 0.200 e. The Balaban J connectivity index is 1.65. The fourth-order valence-electron chi connectivity index (χ4n) is 2.49. The molecule has 1 aliphatic rings. The second kappa shape index (κ2) is 5.76. The summed E-state index contributed by atoms with van der Waals surface area (Å²) in [5, 5.41) is 0.663. The number of benzene rings is 2. The zero-order chi connectivity index (χ0) is 15.8. The summed E-state index contributed by atoms with van der Waals surface area (Å²) in [6.07, 6.45) is 1.79. The zero-order valence-corrected chi connectivity index (χ0v) is 13.5. The topological polar surface area (TPSA) is 30.2 Å². The summed E-state index contributed by atoms with van der Waals surface area (Å²) in [4.78, 5) is 14.0. The lowest BCUT2D eigenvalue weighted by Gasteiger charge is -1.97. The Labute approximate surface area is 142 Å². The Kier molecular flexibility index (Phi) is 3.60. The highest BCUT2D eigenvalue weighted by Crippen LogP contribution is 2.40. The Morgan fingerprint density at radius 2 is 1.87 bits per heavy atom. The molecule has 2 aromatic carbocycles. The predicted octanol–water partition coefficient (Wildman–Crippen LogP) is 5.93. The Morgan fingerprint density at radius 1 is 1.00 bits per heavy atom. The third-order valence-corrected chi connectivity index (χ3v) is 4.92. The maximum absolute atomic E-state index is 12.4. The lowest BCUT2D eigenvalue weighted by molar-refractivity contribution is 0.104. The summed E-state index contributed by atoms with van der Waals surface area (Å²) in [7, 11) is 0. The molecule has 23 heavy (non-hydrogen) atoms. The lowest BCUT2D eigenvalue weighted by Crippen LogP contribution is -1.93. The number of carbonyl (C=O) groups is 1. The van der Waals surface area contributed by atoms with Gasteiger partial charge in [0.2, 0.25) is 5.78 Å². The smallest absolute Gasteiger partial charge is 0.200 e. The highest BCUT2D eigenvalue weighted by molar-refractivity contribution is 8.04. The van der Waals surface area contributed by atoms with Gasteiger partial charge in [0.25, 0.3) is 0 Å².